The average molecular weight is 324 g/mol. The summed E-state index contributed by atoms with van der Waals surface area (Å²) < 4.78 is 16.4. The summed E-state index contributed by atoms with van der Waals surface area (Å²) in [6.45, 7) is 2.19. The van der Waals surface area contributed by atoms with E-state index in [2.05, 4.69) is 26.3 Å². The van der Waals surface area contributed by atoms with Crippen LogP contribution in [0.2, 0.25) is 0 Å². The first-order valence-electron chi connectivity index (χ1n) is 5.79. The third-order valence-electron chi connectivity index (χ3n) is 3.33. The van der Waals surface area contributed by atoms with Crippen LogP contribution < -0.4 is 5.32 Å². The van der Waals surface area contributed by atoms with Crippen molar-refractivity contribution in [2.24, 2.45) is 0 Å². The number of rotatable bonds is 1. The molecule has 0 spiro atoms. The number of carbonyl (C=O) groups excluding carboxylic acids is 1. The van der Waals surface area contributed by atoms with Crippen molar-refractivity contribution in [1.82, 2.24) is 15.1 Å². The second kappa shape index (κ2) is 4.16. The van der Waals surface area contributed by atoms with Gasteiger partial charge in [0.2, 0.25) is 0 Å². The number of hydrogen-bond donors (Lipinski definition) is 1. The fourth-order valence-corrected chi connectivity index (χ4v) is 2.74. The van der Waals surface area contributed by atoms with Crippen molar-refractivity contribution < 1.29 is 9.18 Å². The van der Waals surface area contributed by atoms with Gasteiger partial charge in [0.15, 0.2) is 0 Å². The number of aromatic nitrogens is 2. The molecule has 6 heteroatoms. The second-order valence-electron chi connectivity index (χ2n) is 4.78. The van der Waals surface area contributed by atoms with Crippen LogP contribution in [0.4, 0.5) is 4.39 Å². The van der Waals surface area contributed by atoms with E-state index in [-0.39, 0.29) is 11.7 Å². The summed E-state index contributed by atoms with van der Waals surface area (Å²) in [4.78, 5) is 12.0. The average Bonchev–Trinajstić information content (AvgIpc) is 2.80. The number of halogens is 2. The minimum Gasteiger partial charge on any atom is -0.339 e. The van der Waals surface area contributed by atoms with Gasteiger partial charge in [-0.2, -0.15) is 5.10 Å². The Morgan fingerprint density at radius 3 is 3.05 bits per heavy atom. The van der Waals surface area contributed by atoms with Gasteiger partial charge in [-0.1, -0.05) is 15.9 Å². The van der Waals surface area contributed by atoms with Gasteiger partial charge in [-0.25, -0.2) is 4.39 Å². The molecule has 98 valence electrons. The summed E-state index contributed by atoms with van der Waals surface area (Å²) >= 11 is 3.32. The molecular weight excluding hydrogens is 313 g/mol. The molecule has 1 aliphatic rings. The van der Waals surface area contributed by atoms with Crippen molar-refractivity contribution in [2.45, 2.75) is 19.0 Å². The van der Waals surface area contributed by atoms with Crippen LogP contribution in [0.15, 0.2) is 34.9 Å². The Kier molecular flexibility index (Phi) is 2.70. The highest BCUT2D eigenvalue weighted by molar-refractivity contribution is 9.10. The molecule has 0 saturated heterocycles. The minimum absolute atomic E-state index is 0.245. The van der Waals surface area contributed by atoms with Crippen LogP contribution in [-0.4, -0.2) is 15.7 Å². The maximum absolute atomic E-state index is 14.0. The Hall–Kier alpha value is -1.69. The quantitative estimate of drug-likeness (QED) is 0.876. The van der Waals surface area contributed by atoms with E-state index in [0.717, 1.165) is 4.47 Å². The molecule has 1 N–H and O–H groups in total. The molecule has 1 amide bonds. The Balaban J connectivity index is 2.10. The first-order chi connectivity index (χ1) is 8.99. The molecule has 0 aliphatic carbocycles. The van der Waals surface area contributed by atoms with Gasteiger partial charge in [0.05, 0.1) is 12.1 Å². The number of nitrogens with zero attached hydrogens (tertiary/aromatic N) is 2. The molecule has 0 bridgehead atoms. The molecule has 1 aliphatic heterocycles. The molecule has 0 radical (unpaired) electrons. The van der Waals surface area contributed by atoms with Crippen LogP contribution in [0.5, 0.6) is 0 Å². The molecule has 1 aromatic carbocycles. The lowest BCUT2D eigenvalue weighted by Crippen LogP contribution is -2.52. The van der Waals surface area contributed by atoms with Crippen molar-refractivity contribution in [2.75, 3.05) is 0 Å². The van der Waals surface area contributed by atoms with Crippen molar-refractivity contribution >= 4 is 21.8 Å². The smallest absolute Gasteiger partial charge is 0.270 e. The highest BCUT2D eigenvalue weighted by atomic mass is 79.9. The minimum atomic E-state index is -0.816. The number of nitrogens with one attached hydrogen (secondary N) is 1. The number of hydrogen-bond acceptors (Lipinski definition) is 2. The molecule has 3 rings (SSSR count). The standard InChI is InChI=1S/C13H11BrFN3O/c1-13(9-6-8(14)2-3-10(9)15)7-18-11(4-5-16-18)12(19)17-13/h2-6H,7H2,1H3,(H,17,19)/t13-/m0/s1. The van der Waals surface area contributed by atoms with Crippen LogP contribution in [0.1, 0.15) is 23.0 Å². The van der Waals surface area contributed by atoms with Crippen molar-refractivity contribution in [3.8, 4) is 0 Å². The van der Waals surface area contributed by atoms with E-state index in [1.54, 1.807) is 36.0 Å². The number of amides is 1. The maximum Gasteiger partial charge on any atom is 0.270 e. The van der Waals surface area contributed by atoms with Crippen molar-refractivity contribution in [3.05, 3.63) is 52.0 Å². The monoisotopic (exact) mass is 323 g/mol. The van der Waals surface area contributed by atoms with E-state index in [1.165, 1.54) is 6.07 Å². The van der Waals surface area contributed by atoms with Crippen LogP contribution in [-0.2, 0) is 12.1 Å². The molecule has 2 heterocycles. The molecule has 0 saturated carbocycles. The SMILES string of the molecule is C[C@@]1(c2cc(Br)ccc2F)Cn2nccc2C(=O)N1. The van der Waals surface area contributed by atoms with E-state index in [9.17, 15) is 9.18 Å². The zero-order valence-electron chi connectivity index (χ0n) is 10.2. The summed E-state index contributed by atoms with van der Waals surface area (Å²) in [7, 11) is 0. The Labute approximate surface area is 117 Å². The first kappa shape index (κ1) is 12.3. The Bertz CT molecular complexity index is 670. The summed E-state index contributed by atoms with van der Waals surface area (Å²) in [6, 6.07) is 6.35. The zero-order chi connectivity index (χ0) is 13.6. The molecule has 0 fully saturated rings. The fraction of sp³-hybridized carbons (Fsp3) is 0.231. The van der Waals surface area contributed by atoms with Crippen molar-refractivity contribution in [3.63, 3.8) is 0 Å². The van der Waals surface area contributed by atoms with Gasteiger partial charge >= 0.3 is 0 Å². The van der Waals surface area contributed by atoms with Gasteiger partial charge in [0.25, 0.3) is 5.91 Å². The second-order valence-corrected chi connectivity index (χ2v) is 5.70. The fourth-order valence-electron chi connectivity index (χ4n) is 2.38. The molecule has 19 heavy (non-hydrogen) atoms. The van der Waals surface area contributed by atoms with Gasteiger partial charge in [0.1, 0.15) is 11.5 Å². The predicted molar refractivity (Wildman–Crippen MR) is 71.1 cm³/mol. The normalized spacial score (nSPS) is 21.9. The van der Waals surface area contributed by atoms with Crippen LogP contribution in [0.3, 0.4) is 0 Å². The lowest BCUT2D eigenvalue weighted by atomic mass is 9.89. The third kappa shape index (κ3) is 1.96. The Morgan fingerprint density at radius 1 is 1.47 bits per heavy atom. The first-order valence-corrected chi connectivity index (χ1v) is 6.59. The predicted octanol–water partition coefficient (Wildman–Crippen LogP) is 2.44. The highest BCUT2D eigenvalue weighted by Gasteiger charge is 2.37. The summed E-state index contributed by atoms with van der Waals surface area (Å²) in [5.41, 5.74) is 0.119. The summed E-state index contributed by atoms with van der Waals surface area (Å²) in [5.74, 6) is -0.591. The van der Waals surface area contributed by atoms with Gasteiger partial charge in [-0.15, -0.1) is 0 Å². The summed E-state index contributed by atoms with van der Waals surface area (Å²) in [5, 5.41) is 6.96. The lowest BCUT2D eigenvalue weighted by molar-refractivity contribution is 0.0836. The Morgan fingerprint density at radius 2 is 2.26 bits per heavy atom. The molecule has 1 atom stereocenters. The molecule has 4 nitrogen and oxygen atoms in total. The molecular formula is C13H11BrFN3O. The van der Waals surface area contributed by atoms with E-state index in [0.29, 0.717) is 17.8 Å². The topological polar surface area (TPSA) is 46.9 Å². The van der Waals surface area contributed by atoms with Crippen molar-refractivity contribution in [1.29, 1.82) is 0 Å². The lowest BCUT2D eigenvalue weighted by Gasteiger charge is -2.35. The number of fused-ring (bicyclic) bond motifs is 1. The number of benzene rings is 1. The van der Waals surface area contributed by atoms with Gasteiger partial charge in [0, 0.05) is 16.2 Å². The van der Waals surface area contributed by atoms with Gasteiger partial charge in [-0.3, -0.25) is 9.48 Å². The van der Waals surface area contributed by atoms with E-state index in [1.807, 2.05) is 0 Å². The largest absolute Gasteiger partial charge is 0.339 e. The van der Waals surface area contributed by atoms with Crippen LogP contribution >= 0.6 is 15.9 Å². The molecule has 2 aromatic rings. The van der Waals surface area contributed by atoms with Gasteiger partial charge < -0.3 is 5.32 Å². The number of carbonyl (C=O) groups is 1. The van der Waals surface area contributed by atoms with E-state index >= 15 is 0 Å². The third-order valence-corrected chi connectivity index (χ3v) is 3.82. The molecule has 1 aromatic heterocycles. The van der Waals surface area contributed by atoms with E-state index < -0.39 is 5.54 Å². The molecule has 0 unspecified atom stereocenters. The van der Waals surface area contributed by atoms with Gasteiger partial charge in [-0.05, 0) is 31.2 Å². The van der Waals surface area contributed by atoms with E-state index in [4.69, 9.17) is 0 Å². The van der Waals surface area contributed by atoms with Crippen LogP contribution in [0.25, 0.3) is 0 Å². The highest BCUT2D eigenvalue weighted by Crippen LogP contribution is 2.31. The van der Waals surface area contributed by atoms with Crippen LogP contribution in [0, 0.1) is 5.82 Å². The maximum atomic E-state index is 14.0. The zero-order valence-corrected chi connectivity index (χ0v) is 11.7. The summed E-state index contributed by atoms with van der Waals surface area (Å²) in [6.07, 6.45) is 1.57.